The second kappa shape index (κ2) is 2.58. The Bertz CT molecular complexity index is 473. The summed E-state index contributed by atoms with van der Waals surface area (Å²) in [5.41, 5.74) is 1.52. The van der Waals surface area contributed by atoms with Gasteiger partial charge >= 0.3 is 0 Å². The summed E-state index contributed by atoms with van der Waals surface area (Å²) < 4.78 is 1.74. The van der Waals surface area contributed by atoms with E-state index >= 15 is 0 Å². The average molecular weight is 176 g/mol. The number of nitrogens with zero attached hydrogens (tertiary/aromatic N) is 2. The maximum atomic E-state index is 10.7. The Hall–Kier alpha value is -1.84. The van der Waals surface area contributed by atoms with E-state index < -0.39 is 0 Å². The van der Waals surface area contributed by atoms with E-state index in [0.717, 1.165) is 0 Å². The first-order valence-electron chi connectivity index (χ1n) is 3.91. The summed E-state index contributed by atoms with van der Waals surface area (Å²) in [6, 6.07) is 5.28. The molecule has 0 N–H and O–H groups in total. The summed E-state index contributed by atoms with van der Waals surface area (Å²) in [6.07, 6.45) is 3.61. The van der Waals surface area contributed by atoms with E-state index in [1.807, 2.05) is 6.20 Å². The lowest BCUT2D eigenvalue weighted by atomic mass is 10.2. The molecule has 4 nitrogen and oxygen atoms in total. The van der Waals surface area contributed by atoms with Crippen molar-refractivity contribution < 1.29 is 4.92 Å². The number of fused-ring (bicyclic) bond motifs is 1. The van der Waals surface area contributed by atoms with E-state index in [-0.39, 0.29) is 10.6 Å². The second-order valence-corrected chi connectivity index (χ2v) is 2.91. The van der Waals surface area contributed by atoms with E-state index in [4.69, 9.17) is 0 Å². The SMILES string of the molecule is Cc1ccn2cccc2c1[N+](=O)[O-]. The molecule has 4 heteroatoms. The van der Waals surface area contributed by atoms with Crippen LogP contribution in [0.4, 0.5) is 5.69 Å². The van der Waals surface area contributed by atoms with Gasteiger partial charge in [-0.3, -0.25) is 10.1 Å². The van der Waals surface area contributed by atoms with Crippen LogP contribution in [0.5, 0.6) is 0 Å². The third kappa shape index (κ3) is 1.07. The van der Waals surface area contributed by atoms with Gasteiger partial charge in [0.2, 0.25) is 0 Å². The lowest BCUT2D eigenvalue weighted by molar-refractivity contribution is -0.383. The largest absolute Gasteiger partial charge is 0.318 e. The minimum absolute atomic E-state index is 0.188. The summed E-state index contributed by atoms with van der Waals surface area (Å²) in [5, 5.41) is 10.7. The van der Waals surface area contributed by atoms with Gasteiger partial charge in [0.15, 0.2) is 0 Å². The molecular formula is C9H8N2O2. The highest BCUT2D eigenvalue weighted by Crippen LogP contribution is 2.23. The normalized spacial score (nSPS) is 10.5. The Morgan fingerprint density at radius 1 is 1.38 bits per heavy atom. The first kappa shape index (κ1) is 7.79. The minimum atomic E-state index is -0.343. The van der Waals surface area contributed by atoms with E-state index in [1.54, 1.807) is 35.7 Å². The van der Waals surface area contributed by atoms with Crippen LogP contribution in [-0.2, 0) is 0 Å². The molecule has 0 amide bonds. The van der Waals surface area contributed by atoms with Gasteiger partial charge in [-0.1, -0.05) is 0 Å². The van der Waals surface area contributed by atoms with Crippen molar-refractivity contribution in [3.8, 4) is 0 Å². The summed E-state index contributed by atoms with van der Waals surface area (Å²) in [7, 11) is 0. The highest BCUT2D eigenvalue weighted by atomic mass is 16.6. The van der Waals surface area contributed by atoms with Gasteiger partial charge in [-0.05, 0) is 25.1 Å². The summed E-state index contributed by atoms with van der Waals surface area (Å²) in [4.78, 5) is 10.4. The molecule has 0 aliphatic rings. The molecule has 0 aromatic carbocycles. The molecule has 0 aliphatic carbocycles. The van der Waals surface area contributed by atoms with Crippen molar-refractivity contribution in [2.75, 3.05) is 0 Å². The lowest BCUT2D eigenvalue weighted by Gasteiger charge is -1.99. The first-order valence-corrected chi connectivity index (χ1v) is 3.91. The van der Waals surface area contributed by atoms with Gasteiger partial charge in [-0.2, -0.15) is 0 Å². The van der Waals surface area contributed by atoms with Crippen LogP contribution in [-0.4, -0.2) is 9.32 Å². The fourth-order valence-corrected chi connectivity index (χ4v) is 1.44. The van der Waals surface area contributed by atoms with Crippen molar-refractivity contribution in [3.05, 3.63) is 46.3 Å². The van der Waals surface area contributed by atoms with Crippen LogP contribution >= 0.6 is 0 Å². The molecule has 0 atom stereocenters. The maximum Gasteiger partial charge on any atom is 0.296 e. The fraction of sp³-hybridized carbons (Fsp3) is 0.111. The quantitative estimate of drug-likeness (QED) is 0.493. The Kier molecular flexibility index (Phi) is 1.55. The highest BCUT2D eigenvalue weighted by molar-refractivity contribution is 5.68. The molecule has 0 saturated heterocycles. The summed E-state index contributed by atoms with van der Waals surface area (Å²) >= 11 is 0. The van der Waals surface area contributed by atoms with Crippen LogP contribution in [0.2, 0.25) is 0 Å². The van der Waals surface area contributed by atoms with Crippen molar-refractivity contribution in [3.63, 3.8) is 0 Å². The Labute approximate surface area is 74.6 Å². The molecule has 0 aliphatic heterocycles. The van der Waals surface area contributed by atoms with Crippen molar-refractivity contribution in [1.82, 2.24) is 4.40 Å². The zero-order valence-corrected chi connectivity index (χ0v) is 7.10. The zero-order chi connectivity index (χ0) is 9.42. The van der Waals surface area contributed by atoms with Crippen molar-refractivity contribution >= 4 is 11.2 Å². The molecule has 0 saturated carbocycles. The van der Waals surface area contributed by atoms with Crippen molar-refractivity contribution in [2.45, 2.75) is 6.92 Å². The Morgan fingerprint density at radius 3 is 2.85 bits per heavy atom. The number of nitro groups is 1. The molecule has 13 heavy (non-hydrogen) atoms. The van der Waals surface area contributed by atoms with Crippen LogP contribution in [0.25, 0.3) is 5.52 Å². The van der Waals surface area contributed by atoms with Gasteiger partial charge in [0.1, 0.15) is 5.52 Å². The zero-order valence-electron chi connectivity index (χ0n) is 7.10. The lowest BCUT2D eigenvalue weighted by Crippen LogP contribution is -1.95. The van der Waals surface area contributed by atoms with E-state index in [1.165, 1.54) is 0 Å². The van der Waals surface area contributed by atoms with Crippen LogP contribution < -0.4 is 0 Å². The Morgan fingerprint density at radius 2 is 2.15 bits per heavy atom. The molecule has 0 fully saturated rings. The number of pyridine rings is 1. The second-order valence-electron chi connectivity index (χ2n) is 2.91. The van der Waals surface area contributed by atoms with E-state index in [9.17, 15) is 10.1 Å². The van der Waals surface area contributed by atoms with E-state index in [2.05, 4.69) is 0 Å². The molecule has 0 radical (unpaired) electrons. The first-order chi connectivity index (χ1) is 6.20. The Balaban J connectivity index is 2.88. The van der Waals surface area contributed by atoms with E-state index in [0.29, 0.717) is 11.1 Å². The number of hydrogen-bond acceptors (Lipinski definition) is 2. The topological polar surface area (TPSA) is 47.5 Å². The average Bonchev–Trinajstić information content (AvgIpc) is 2.50. The number of rotatable bonds is 1. The molecule has 0 spiro atoms. The predicted molar refractivity (Wildman–Crippen MR) is 48.8 cm³/mol. The fourth-order valence-electron chi connectivity index (χ4n) is 1.44. The van der Waals surface area contributed by atoms with Crippen molar-refractivity contribution in [1.29, 1.82) is 0 Å². The molecule has 2 heterocycles. The number of hydrogen-bond donors (Lipinski definition) is 0. The van der Waals surface area contributed by atoms with Gasteiger partial charge in [-0.15, -0.1) is 0 Å². The van der Waals surface area contributed by atoms with Gasteiger partial charge in [-0.25, -0.2) is 0 Å². The summed E-state index contributed by atoms with van der Waals surface area (Å²) in [6.45, 7) is 1.74. The van der Waals surface area contributed by atoms with Gasteiger partial charge < -0.3 is 4.40 Å². The predicted octanol–water partition coefficient (Wildman–Crippen LogP) is 2.16. The van der Waals surface area contributed by atoms with Gasteiger partial charge in [0.05, 0.1) is 4.92 Å². The van der Waals surface area contributed by atoms with Crippen LogP contribution in [0.3, 0.4) is 0 Å². The van der Waals surface area contributed by atoms with Gasteiger partial charge in [0, 0.05) is 18.0 Å². The third-order valence-corrected chi connectivity index (χ3v) is 2.06. The molecule has 2 aromatic rings. The molecule has 66 valence electrons. The highest BCUT2D eigenvalue weighted by Gasteiger charge is 2.14. The van der Waals surface area contributed by atoms with Crippen LogP contribution in [0.1, 0.15) is 5.56 Å². The standard InChI is InChI=1S/C9H8N2O2/c1-7-4-6-10-5-2-3-8(10)9(7)11(12)13/h2-6H,1H3. The number of aryl methyl sites for hydroxylation is 1. The smallest absolute Gasteiger partial charge is 0.296 e. The third-order valence-electron chi connectivity index (χ3n) is 2.06. The molecule has 2 rings (SSSR count). The molecule has 2 aromatic heterocycles. The molecular weight excluding hydrogens is 168 g/mol. The monoisotopic (exact) mass is 176 g/mol. The van der Waals surface area contributed by atoms with Crippen molar-refractivity contribution in [2.24, 2.45) is 0 Å². The molecule has 0 unspecified atom stereocenters. The number of aromatic nitrogens is 1. The molecule has 0 bridgehead atoms. The minimum Gasteiger partial charge on any atom is -0.318 e. The van der Waals surface area contributed by atoms with Crippen LogP contribution in [0.15, 0.2) is 30.6 Å². The summed E-state index contributed by atoms with van der Waals surface area (Å²) in [5.74, 6) is 0. The van der Waals surface area contributed by atoms with Gasteiger partial charge in [0.25, 0.3) is 5.69 Å². The van der Waals surface area contributed by atoms with Crippen LogP contribution in [0, 0.1) is 17.0 Å². The maximum absolute atomic E-state index is 10.7.